The highest BCUT2D eigenvalue weighted by Crippen LogP contribution is 2.66. The minimum absolute atomic E-state index is 0.0918. The number of imide groups is 2. The number of nitrogens with zero attached hydrogens (tertiary/aromatic N) is 4. The number of halogens is 6. The van der Waals surface area contributed by atoms with Crippen molar-refractivity contribution in [3.63, 3.8) is 0 Å². The van der Waals surface area contributed by atoms with Crippen LogP contribution in [0.2, 0.25) is 0 Å². The molecule has 0 aliphatic carbocycles. The van der Waals surface area contributed by atoms with Crippen molar-refractivity contribution in [1.29, 1.82) is 5.26 Å². The van der Waals surface area contributed by atoms with Crippen LogP contribution < -0.4 is 9.80 Å². The fraction of sp³-hybridized carbons (Fsp3) is 0.526. The maximum absolute atomic E-state index is 13.3. The Morgan fingerprint density at radius 1 is 0.724 bits per heavy atom. The van der Waals surface area contributed by atoms with E-state index in [1.54, 1.807) is 6.92 Å². The molecule has 6 saturated heterocycles. The molecule has 0 radical (unpaired) electrons. The number of fused-ring (bicyclic) bond motifs is 10. The second kappa shape index (κ2) is 12.3. The topological polar surface area (TPSA) is 202 Å². The Kier molecular flexibility index (Phi) is 8.73. The van der Waals surface area contributed by atoms with Crippen LogP contribution in [-0.2, 0) is 41.0 Å². The van der Waals surface area contributed by atoms with Gasteiger partial charge in [-0.15, -0.1) is 0 Å². The van der Waals surface area contributed by atoms with Crippen LogP contribution in [0.5, 0.6) is 0 Å². The molecule has 14 nitrogen and oxygen atoms in total. The van der Waals surface area contributed by atoms with E-state index in [-0.39, 0.29) is 24.2 Å². The molecule has 6 aliphatic heterocycles. The van der Waals surface area contributed by atoms with Gasteiger partial charge in [-0.1, -0.05) is 6.07 Å². The highest BCUT2D eigenvalue weighted by Gasteiger charge is 2.81. The van der Waals surface area contributed by atoms with Gasteiger partial charge in [-0.3, -0.25) is 19.2 Å². The Labute approximate surface area is 325 Å². The molecule has 6 heterocycles. The van der Waals surface area contributed by atoms with Crippen molar-refractivity contribution >= 4 is 40.7 Å². The molecule has 308 valence electrons. The van der Waals surface area contributed by atoms with Gasteiger partial charge >= 0.3 is 12.4 Å². The van der Waals surface area contributed by atoms with Gasteiger partial charge in [0.05, 0.1) is 83.1 Å². The first-order chi connectivity index (χ1) is 26.7. The smallest absolute Gasteiger partial charge is 0.393 e. The van der Waals surface area contributed by atoms with Crippen LogP contribution in [0.1, 0.15) is 57.2 Å². The van der Waals surface area contributed by atoms with E-state index in [1.807, 2.05) is 0 Å². The number of amides is 4. The van der Waals surface area contributed by atoms with E-state index in [4.69, 9.17) is 21.3 Å². The number of benzene rings is 2. The molecule has 4 bridgehead atoms. The Bertz CT molecular complexity index is 2140. The summed E-state index contributed by atoms with van der Waals surface area (Å²) in [4.78, 5) is 56.6. The fourth-order valence-electron chi connectivity index (χ4n) is 10.4. The molecule has 10 atom stereocenters. The highest BCUT2D eigenvalue weighted by molar-refractivity contribution is 6.24. The molecular formula is C38H34F6N4O10. The monoisotopic (exact) mass is 820 g/mol. The summed E-state index contributed by atoms with van der Waals surface area (Å²) in [6.07, 6.45) is -9.87. The van der Waals surface area contributed by atoms with Crippen molar-refractivity contribution in [3.05, 3.63) is 64.5 Å². The highest BCUT2D eigenvalue weighted by atomic mass is 19.4. The number of alkyl halides is 6. The van der Waals surface area contributed by atoms with Gasteiger partial charge in [0, 0.05) is 18.5 Å². The van der Waals surface area contributed by atoms with E-state index in [0.29, 0.717) is 21.9 Å². The quantitative estimate of drug-likeness (QED) is 0.200. The molecule has 58 heavy (non-hydrogen) atoms. The van der Waals surface area contributed by atoms with Crippen LogP contribution in [0.3, 0.4) is 0 Å². The number of aliphatic hydroxyl groups is 4. The fourth-order valence-corrected chi connectivity index (χ4v) is 10.4. The molecule has 4 N–H and O–H groups in total. The van der Waals surface area contributed by atoms with Crippen LogP contribution >= 0.6 is 0 Å². The standard InChI is InChI=1S/2C19H17F3N2O5/c1-16-7-18(28,8-25)17(2,29-16)13-12(16)14(26)24(15(13)27)9-4-5-11(23-3)10(6-9)19(20,21)22;1-16-7-18(28,8-25)17(2,29-16)13-12(16)14(26)24(15(13)27)10-4-3-9(6-23)11(5-10)19(20,21)22/h4-6,12-13,25,28H,7-8H2,1-2H3;3-5,12-13,25,28H,7-8H2,1-2H3/t2*12-,13+,16?,17?,18-/m10/s1. The lowest BCUT2D eigenvalue weighted by molar-refractivity contribution is -0.157. The van der Waals surface area contributed by atoms with E-state index < -0.39 is 129 Å². The van der Waals surface area contributed by atoms with E-state index in [0.717, 1.165) is 24.3 Å². The van der Waals surface area contributed by atoms with E-state index >= 15 is 0 Å². The number of hydrogen-bond donors (Lipinski definition) is 4. The number of ether oxygens (including phenoxy) is 2. The van der Waals surface area contributed by atoms with E-state index in [2.05, 4.69) is 4.85 Å². The van der Waals surface area contributed by atoms with Crippen molar-refractivity contribution in [3.8, 4) is 6.07 Å². The van der Waals surface area contributed by atoms with Gasteiger partial charge in [-0.05, 0) is 58.0 Å². The summed E-state index contributed by atoms with van der Waals surface area (Å²) >= 11 is 0. The van der Waals surface area contributed by atoms with Gasteiger partial charge in [0.15, 0.2) is 5.69 Å². The first kappa shape index (κ1) is 41.2. The third kappa shape index (κ3) is 5.18. The first-order valence-electron chi connectivity index (χ1n) is 17.7. The van der Waals surface area contributed by atoms with Crippen LogP contribution in [0.15, 0.2) is 36.4 Å². The van der Waals surface area contributed by atoms with Crippen molar-refractivity contribution in [1.82, 2.24) is 0 Å². The number of anilines is 2. The molecule has 6 fully saturated rings. The third-order valence-electron chi connectivity index (χ3n) is 13.0. The Morgan fingerprint density at radius 3 is 1.47 bits per heavy atom. The zero-order valence-corrected chi connectivity index (χ0v) is 30.9. The van der Waals surface area contributed by atoms with Gasteiger partial charge in [0.2, 0.25) is 23.6 Å². The maximum atomic E-state index is 13.3. The number of carbonyl (C=O) groups excluding carboxylic acids is 4. The Balaban J connectivity index is 0.000000177. The number of aliphatic hydroxyl groups excluding tert-OH is 2. The lowest BCUT2D eigenvalue weighted by Gasteiger charge is -2.41. The van der Waals surface area contributed by atoms with Crippen LogP contribution in [0.4, 0.5) is 43.4 Å². The average molecular weight is 821 g/mol. The second-order valence-electron chi connectivity index (χ2n) is 16.4. The average Bonchev–Trinajstić information content (AvgIpc) is 3.86. The van der Waals surface area contributed by atoms with Gasteiger partial charge in [0.1, 0.15) is 22.4 Å². The number of nitriles is 1. The molecule has 0 aromatic heterocycles. The number of rotatable bonds is 4. The molecule has 2 aromatic rings. The Morgan fingerprint density at radius 2 is 1.10 bits per heavy atom. The summed E-state index contributed by atoms with van der Waals surface area (Å²) in [6.45, 7) is 11.5. The van der Waals surface area contributed by atoms with Crippen LogP contribution in [0.25, 0.3) is 4.85 Å². The van der Waals surface area contributed by atoms with Crippen LogP contribution in [-0.4, -0.2) is 90.9 Å². The molecule has 0 saturated carbocycles. The summed E-state index contributed by atoms with van der Waals surface area (Å²) < 4.78 is 91.6. The van der Waals surface area contributed by atoms with Gasteiger partial charge in [-0.2, -0.15) is 31.6 Å². The molecule has 8 rings (SSSR count). The molecule has 6 aliphatic rings. The van der Waals surface area contributed by atoms with E-state index in [1.165, 1.54) is 26.8 Å². The summed E-state index contributed by atoms with van der Waals surface area (Å²) in [5.41, 5.74) is -13.5. The zero-order chi connectivity index (χ0) is 43.1. The van der Waals surface area contributed by atoms with Crippen molar-refractivity contribution < 1.29 is 75.4 Å². The first-order valence-corrected chi connectivity index (χ1v) is 17.7. The predicted octanol–water partition coefficient (Wildman–Crippen LogP) is 3.39. The van der Waals surface area contributed by atoms with Crippen LogP contribution in [0, 0.1) is 41.6 Å². The largest absolute Gasteiger partial charge is 0.417 e. The van der Waals surface area contributed by atoms with Gasteiger partial charge in [-0.25, -0.2) is 14.6 Å². The lowest BCUT2D eigenvalue weighted by atomic mass is 9.61. The summed E-state index contributed by atoms with van der Waals surface area (Å²) in [5.74, 6) is -7.38. The molecule has 4 amide bonds. The SMILES string of the molecule is CC12C[C@](O)(CO)C(C)(O1)[C@H]1C(=O)N(c3ccc(C#N)c(C(F)(F)F)c3)C(=O)[C@H]12.[C-]#[N+]c1ccc(N2C(=O)[C@@H]3[C@H](C2=O)C2(C)C[C@@](O)(CO)C3(C)O2)cc1C(F)(F)F. The van der Waals surface area contributed by atoms with Gasteiger partial charge in [0.25, 0.3) is 0 Å². The zero-order valence-electron chi connectivity index (χ0n) is 30.9. The molecule has 20 heteroatoms. The van der Waals surface area contributed by atoms with Crippen molar-refractivity contribution in [2.24, 2.45) is 23.7 Å². The minimum atomic E-state index is -4.85. The Hall–Kier alpha value is -4.96. The second-order valence-corrected chi connectivity index (χ2v) is 16.4. The molecule has 2 aromatic carbocycles. The normalized spacial score (nSPS) is 38.5. The maximum Gasteiger partial charge on any atom is 0.417 e. The summed E-state index contributed by atoms with van der Waals surface area (Å²) in [5, 5.41) is 49.9. The van der Waals surface area contributed by atoms with Gasteiger partial charge < -0.3 is 29.9 Å². The number of carbonyl (C=O) groups is 4. The third-order valence-corrected chi connectivity index (χ3v) is 13.0. The lowest BCUT2D eigenvalue weighted by Crippen LogP contribution is -2.60. The molecule has 4 unspecified atom stereocenters. The number of hydrogen-bond acceptors (Lipinski definition) is 11. The predicted molar refractivity (Wildman–Crippen MR) is 182 cm³/mol. The van der Waals surface area contributed by atoms with E-state index in [9.17, 15) is 65.9 Å². The minimum Gasteiger partial charge on any atom is -0.393 e. The summed E-state index contributed by atoms with van der Waals surface area (Å²) in [6, 6.07) is 6.70. The molecular weight excluding hydrogens is 786 g/mol. The summed E-state index contributed by atoms with van der Waals surface area (Å²) in [7, 11) is 0. The van der Waals surface area contributed by atoms with Crippen molar-refractivity contribution in [2.75, 3.05) is 23.0 Å². The molecule has 0 spiro atoms. The van der Waals surface area contributed by atoms with Crippen molar-refractivity contribution in [2.45, 2.75) is 86.5 Å².